The lowest BCUT2D eigenvalue weighted by molar-refractivity contribution is 0.416. The molecule has 106 valence electrons. The second kappa shape index (κ2) is 6.74. The largest absolute Gasteiger partial charge is 0.496 e. The summed E-state index contributed by atoms with van der Waals surface area (Å²) in [4.78, 5) is 8.85. The van der Waals surface area contributed by atoms with Crippen molar-refractivity contribution in [3.05, 3.63) is 38.5 Å². The molecule has 0 bridgehead atoms. The molecule has 0 fully saturated rings. The summed E-state index contributed by atoms with van der Waals surface area (Å²) < 4.78 is 6.06. The molecule has 20 heavy (non-hydrogen) atoms. The standard InChI is InChI=1S/C14H13BrCl2N2O/c1-3-5-9-12(15)13(17)19-14(18-9)11-8(16)6-4-7-10(11)20-2/h4,6-7H,3,5H2,1-2H3. The van der Waals surface area contributed by atoms with Crippen LogP contribution in [0.5, 0.6) is 5.75 Å². The Labute approximate surface area is 136 Å². The van der Waals surface area contributed by atoms with Crippen LogP contribution in [0.2, 0.25) is 10.2 Å². The first-order valence-electron chi connectivity index (χ1n) is 6.13. The zero-order valence-electron chi connectivity index (χ0n) is 11.1. The average molecular weight is 376 g/mol. The van der Waals surface area contributed by atoms with Gasteiger partial charge in [-0.25, -0.2) is 9.97 Å². The van der Waals surface area contributed by atoms with Crippen LogP contribution in [0.1, 0.15) is 19.0 Å². The quantitative estimate of drug-likeness (QED) is 0.691. The zero-order valence-corrected chi connectivity index (χ0v) is 14.2. The lowest BCUT2D eigenvalue weighted by Gasteiger charge is -2.12. The Balaban J connectivity index is 2.64. The number of aryl methyl sites for hydroxylation is 1. The first-order chi connectivity index (χ1) is 9.58. The van der Waals surface area contributed by atoms with Gasteiger partial charge in [0.2, 0.25) is 0 Å². The second-order valence-electron chi connectivity index (χ2n) is 4.17. The number of hydrogen-bond donors (Lipinski definition) is 0. The summed E-state index contributed by atoms with van der Waals surface area (Å²) in [6, 6.07) is 5.41. The van der Waals surface area contributed by atoms with E-state index in [1.165, 1.54) is 0 Å². The third-order valence-corrected chi connectivity index (χ3v) is 4.44. The molecular formula is C14H13BrCl2N2O. The van der Waals surface area contributed by atoms with Crippen LogP contribution in [0, 0.1) is 0 Å². The van der Waals surface area contributed by atoms with E-state index in [1.54, 1.807) is 13.2 Å². The smallest absolute Gasteiger partial charge is 0.166 e. The summed E-state index contributed by atoms with van der Waals surface area (Å²) >= 11 is 15.8. The molecule has 1 aromatic carbocycles. The van der Waals surface area contributed by atoms with Crippen LogP contribution < -0.4 is 4.74 Å². The van der Waals surface area contributed by atoms with Gasteiger partial charge in [-0.2, -0.15) is 0 Å². The molecular weight excluding hydrogens is 363 g/mol. The van der Waals surface area contributed by atoms with Gasteiger partial charge in [-0.05, 0) is 34.5 Å². The lowest BCUT2D eigenvalue weighted by Crippen LogP contribution is -2.00. The molecule has 0 aliphatic heterocycles. The van der Waals surface area contributed by atoms with Gasteiger partial charge in [-0.3, -0.25) is 0 Å². The second-order valence-corrected chi connectivity index (χ2v) is 5.72. The predicted octanol–water partition coefficient (Wildman–Crippen LogP) is 5.17. The van der Waals surface area contributed by atoms with Crippen LogP contribution in [0.15, 0.2) is 22.7 Å². The Hall–Kier alpha value is -0.840. The van der Waals surface area contributed by atoms with Gasteiger partial charge >= 0.3 is 0 Å². The van der Waals surface area contributed by atoms with E-state index in [9.17, 15) is 0 Å². The van der Waals surface area contributed by atoms with Crippen LogP contribution in [0.25, 0.3) is 11.4 Å². The van der Waals surface area contributed by atoms with Gasteiger partial charge in [0.15, 0.2) is 5.82 Å². The van der Waals surface area contributed by atoms with E-state index in [0.717, 1.165) is 23.0 Å². The van der Waals surface area contributed by atoms with Crippen LogP contribution in [0.4, 0.5) is 0 Å². The summed E-state index contributed by atoms with van der Waals surface area (Å²) in [5.41, 5.74) is 1.52. The van der Waals surface area contributed by atoms with Crippen molar-refractivity contribution in [2.45, 2.75) is 19.8 Å². The number of hydrogen-bond acceptors (Lipinski definition) is 3. The molecule has 0 aliphatic carbocycles. The molecule has 2 aromatic rings. The van der Waals surface area contributed by atoms with Crippen molar-refractivity contribution in [3.63, 3.8) is 0 Å². The van der Waals surface area contributed by atoms with E-state index in [2.05, 4.69) is 32.8 Å². The Morgan fingerprint density at radius 3 is 2.65 bits per heavy atom. The molecule has 0 atom stereocenters. The Morgan fingerprint density at radius 2 is 2.00 bits per heavy atom. The minimum Gasteiger partial charge on any atom is -0.496 e. The van der Waals surface area contributed by atoms with Crippen molar-refractivity contribution in [1.82, 2.24) is 9.97 Å². The van der Waals surface area contributed by atoms with Gasteiger partial charge in [0.25, 0.3) is 0 Å². The van der Waals surface area contributed by atoms with Crippen molar-refractivity contribution >= 4 is 39.1 Å². The minimum absolute atomic E-state index is 0.375. The van der Waals surface area contributed by atoms with E-state index in [0.29, 0.717) is 27.3 Å². The number of methoxy groups -OCH3 is 1. The summed E-state index contributed by atoms with van der Waals surface area (Å²) in [6.45, 7) is 2.08. The number of ether oxygens (including phenoxy) is 1. The monoisotopic (exact) mass is 374 g/mol. The van der Waals surface area contributed by atoms with E-state index in [1.807, 2.05) is 12.1 Å². The van der Waals surface area contributed by atoms with Crippen LogP contribution in [-0.4, -0.2) is 17.1 Å². The lowest BCUT2D eigenvalue weighted by atomic mass is 10.1. The molecule has 0 N–H and O–H groups in total. The van der Waals surface area contributed by atoms with Crippen molar-refractivity contribution in [2.75, 3.05) is 7.11 Å². The molecule has 3 nitrogen and oxygen atoms in total. The highest BCUT2D eigenvalue weighted by atomic mass is 79.9. The third-order valence-electron chi connectivity index (χ3n) is 2.79. The Morgan fingerprint density at radius 1 is 1.25 bits per heavy atom. The normalized spacial score (nSPS) is 10.7. The molecule has 0 amide bonds. The molecule has 0 saturated carbocycles. The van der Waals surface area contributed by atoms with Crippen molar-refractivity contribution in [2.24, 2.45) is 0 Å². The highest BCUT2D eigenvalue weighted by Crippen LogP contribution is 2.36. The summed E-state index contributed by atoms with van der Waals surface area (Å²) in [5, 5.41) is 0.908. The average Bonchev–Trinajstić information content (AvgIpc) is 2.43. The van der Waals surface area contributed by atoms with Crippen LogP contribution in [0.3, 0.4) is 0 Å². The highest BCUT2D eigenvalue weighted by molar-refractivity contribution is 9.10. The number of halogens is 3. The fourth-order valence-corrected chi connectivity index (χ4v) is 2.68. The molecule has 0 saturated heterocycles. The van der Waals surface area contributed by atoms with Gasteiger partial charge in [-0.1, -0.05) is 42.6 Å². The minimum atomic E-state index is 0.375. The fourth-order valence-electron chi connectivity index (χ4n) is 1.87. The Bertz CT molecular complexity index is 635. The highest BCUT2D eigenvalue weighted by Gasteiger charge is 2.17. The van der Waals surface area contributed by atoms with Crippen molar-refractivity contribution < 1.29 is 4.74 Å². The molecule has 0 radical (unpaired) electrons. The number of rotatable bonds is 4. The maximum Gasteiger partial charge on any atom is 0.166 e. The number of nitrogens with zero attached hydrogens (tertiary/aromatic N) is 2. The maximum atomic E-state index is 6.25. The van der Waals surface area contributed by atoms with E-state index >= 15 is 0 Å². The Kier molecular flexibility index (Phi) is 5.24. The molecule has 0 unspecified atom stereocenters. The summed E-state index contributed by atoms with van der Waals surface area (Å²) in [7, 11) is 1.59. The van der Waals surface area contributed by atoms with Gasteiger partial charge in [0.05, 0.1) is 27.9 Å². The van der Waals surface area contributed by atoms with Crippen LogP contribution in [-0.2, 0) is 6.42 Å². The molecule has 6 heteroatoms. The van der Waals surface area contributed by atoms with Crippen molar-refractivity contribution in [1.29, 1.82) is 0 Å². The van der Waals surface area contributed by atoms with Crippen LogP contribution >= 0.6 is 39.1 Å². The van der Waals surface area contributed by atoms with E-state index < -0.39 is 0 Å². The molecule has 1 heterocycles. The maximum absolute atomic E-state index is 6.25. The molecule has 2 rings (SSSR count). The SMILES string of the molecule is CCCc1nc(-c2c(Cl)cccc2OC)nc(Cl)c1Br. The first-order valence-corrected chi connectivity index (χ1v) is 7.68. The van der Waals surface area contributed by atoms with Gasteiger partial charge in [-0.15, -0.1) is 0 Å². The van der Waals surface area contributed by atoms with Gasteiger partial charge in [0.1, 0.15) is 10.9 Å². The molecule has 0 spiro atoms. The number of benzene rings is 1. The number of aromatic nitrogens is 2. The van der Waals surface area contributed by atoms with E-state index in [4.69, 9.17) is 27.9 Å². The molecule has 1 aromatic heterocycles. The summed E-state index contributed by atoms with van der Waals surface area (Å²) in [6.07, 6.45) is 1.77. The fraction of sp³-hybridized carbons (Fsp3) is 0.286. The van der Waals surface area contributed by atoms with Gasteiger partial charge in [0, 0.05) is 0 Å². The topological polar surface area (TPSA) is 35.0 Å². The zero-order chi connectivity index (χ0) is 14.7. The summed E-state index contributed by atoms with van der Waals surface area (Å²) in [5.74, 6) is 1.10. The third kappa shape index (κ3) is 3.08. The predicted molar refractivity (Wildman–Crippen MR) is 85.7 cm³/mol. The van der Waals surface area contributed by atoms with E-state index in [-0.39, 0.29) is 0 Å². The van der Waals surface area contributed by atoms with Crippen molar-refractivity contribution in [3.8, 4) is 17.1 Å². The molecule has 0 aliphatic rings. The first kappa shape index (κ1) is 15.5. The van der Waals surface area contributed by atoms with Gasteiger partial charge < -0.3 is 4.74 Å².